The van der Waals surface area contributed by atoms with Crippen LogP contribution in [0.15, 0.2) is 0 Å². The van der Waals surface area contributed by atoms with Gasteiger partial charge in [-0.3, -0.25) is 4.79 Å². The highest BCUT2D eigenvalue weighted by Gasteiger charge is 2.35. The number of urea groups is 1. The van der Waals surface area contributed by atoms with E-state index in [1.165, 1.54) is 19.3 Å². The zero-order chi connectivity index (χ0) is 13.8. The number of nitrogens with zero attached hydrogens (tertiary/aromatic N) is 1. The highest BCUT2D eigenvalue weighted by Crippen LogP contribution is 2.28. The summed E-state index contributed by atoms with van der Waals surface area (Å²) in [5.74, 6) is -0.555. The second-order valence-corrected chi connectivity index (χ2v) is 5.77. The van der Waals surface area contributed by atoms with E-state index in [-0.39, 0.29) is 12.1 Å². The van der Waals surface area contributed by atoms with E-state index in [1.54, 1.807) is 0 Å². The maximum atomic E-state index is 12.2. The second kappa shape index (κ2) is 6.26. The van der Waals surface area contributed by atoms with E-state index in [1.807, 2.05) is 11.8 Å². The number of nitrogens with one attached hydrogen (secondary N) is 1. The molecule has 2 fully saturated rings. The van der Waals surface area contributed by atoms with Crippen molar-refractivity contribution in [3.05, 3.63) is 0 Å². The number of hydrogen-bond acceptors (Lipinski definition) is 2. The molecule has 5 nitrogen and oxygen atoms in total. The third-order valence-electron chi connectivity index (χ3n) is 4.51. The van der Waals surface area contributed by atoms with Gasteiger partial charge < -0.3 is 15.3 Å². The molecule has 0 radical (unpaired) electrons. The fraction of sp³-hybridized carbons (Fsp3) is 0.857. The number of carbonyl (C=O) groups is 2. The normalized spacial score (nSPS) is 26.8. The lowest BCUT2D eigenvalue weighted by Gasteiger charge is -2.32. The van der Waals surface area contributed by atoms with Gasteiger partial charge in [0.05, 0.1) is 5.92 Å². The van der Waals surface area contributed by atoms with Crippen LogP contribution >= 0.6 is 0 Å². The van der Waals surface area contributed by atoms with Crippen LogP contribution in [-0.4, -0.2) is 41.1 Å². The van der Waals surface area contributed by atoms with E-state index in [2.05, 4.69) is 5.32 Å². The fourth-order valence-electron chi connectivity index (χ4n) is 3.02. The predicted molar refractivity (Wildman–Crippen MR) is 71.9 cm³/mol. The van der Waals surface area contributed by atoms with E-state index in [4.69, 9.17) is 5.11 Å². The average molecular weight is 268 g/mol. The summed E-state index contributed by atoms with van der Waals surface area (Å²) in [6, 6.07) is -0.284. The van der Waals surface area contributed by atoms with Gasteiger partial charge in [-0.15, -0.1) is 0 Å². The van der Waals surface area contributed by atoms with Gasteiger partial charge in [-0.1, -0.05) is 12.8 Å². The van der Waals surface area contributed by atoms with Gasteiger partial charge in [-0.25, -0.2) is 4.79 Å². The Morgan fingerprint density at radius 3 is 2.42 bits per heavy atom. The Balaban J connectivity index is 1.85. The van der Waals surface area contributed by atoms with Crippen molar-refractivity contribution >= 4 is 12.0 Å². The first-order chi connectivity index (χ1) is 9.11. The fourth-order valence-corrected chi connectivity index (χ4v) is 3.02. The van der Waals surface area contributed by atoms with Crippen LogP contribution in [0.25, 0.3) is 0 Å². The Bertz CT molecular complexity index is 342. The summed E-state index contributed by atoms with van der Waals surface area (Å²) in [5, 5.41) is 12.0. The SMILES string of the molecule is CCN(CC1CCC1)C(=O)NC1CCCC1C(=O)O. The van der Waals surface area contributed by atoms with Gasteiger partial charge in [-0.2, -0.15) is 0 Å². The summed E-state index contributed by atoms with van der Waals surface area (Å²) in [5.41, 5.74) is 0. The maximum absolute atomic E-state index is 12.2. The third kappa shape index (κ3) is 3.39. The van der Waals surface area contributed by atoms with Crippen molar-refractivity contribution in [2.24, 2.45) is 11.8 Å². The summed E-state index contributed by atoms with van der Waals surface area (Å²) < 4.78 is 0. The zero-order valence-electron chi connectivity index (χ0n) is 11.6. The molecule has 2 aliphatic rings. The van der Waals surface area contributed by atoms with Crippen LogP contribution in [0.1, 0.15) is 45.4 Å². The van der Waals surface area contributed by atoms with E-state index >= 15 is 0 Å². The first-order valence-electron chi connectivity index (χ1n) is 7.40. The number of carboxylic acids is 1. The molecule has 2 N–H and O–H groups in total. The van der Waals surface area contributed by atoms with Crippen molar-refractivity contribution in [2.45, 2.75) is 51.5 Å². The molecule has 0 aromatic carbocycles. The Labute approximate surface area is 114 Å². The lowest BCUT2D eigenvalue weighted by Crippen LogP contribution is -2.49. The third-order valence-corrected chi connectivity index (χ3v) is 4.51. The predicted octanol–water partition coefficient (Wildman–Crippen LogP) is 2.07. The van der Waals surface area contributed by atoms with Crippen LogP contribution in [-0.2, 0) is 4.79 Å². The van der Waals surface area contributed by atoms with Crippen molar-refractivity contribution in [2.75, 3.05) is 13.1 Å². The minimum Gasteiger partial charge on any atom is -0.481 e. The summed E-state index contributed by atoms with van der Waals surface area (Å²) in [6.07, 6.45) is 6.04. The monoisotopic (exact) mass is 268 g/mol. The summed E-state index contributed by atoms with van der Waals surface area (Å²) in [4.78, 5) is 25.1. The van der Waals surface area contributed by atoms with Crippen molar-refractivity contribution in [3.63, 3.8) is 0 Å². The lowest BCUT2D eigenvalue weighted by atomic mass is 9.85. The Morgan fingerprint density at radius 2 is 1.89 bits per heavy atom. The van der Waals surface area contributed by atoms with Gasteiger partial charge in [0.1, 0.15) is 0 Å². The molecule has 2 saturated carbocycles. The molecule has 2 atom stereocenters. The quantitative estimate of drug-likeness (QED) is 0.802. The van der Waals surface area contributed by atoms with Crippen LogP contribution in [0, 0.1) is 11.8 Å². The Morgan fingerprint density at radius 1 is 1.21 bits per heavy atom. The van der Waals surface area contributed by atoms with Crippen LogP contribution in [0.2, 0.25) is 0 Å². The summed E-state index contributed by atoms with van der Waals surface area (Å²) >= 11 is 0. The molecule has 0 bridgehead atoms. The lowest BCUT2D eigenvalue weighted by molar-refractivity contribution is -0.142. The number of aliphatic carboxylic acids is 1. The maximum Gasteiger partial charge on any atom is 0.317 e. The Kier molecular flexibility index (Phi) is 4.66. The number of hydrogen-bond donors (Lipinski definition) is 2. The molecule has 0 saturated heterocycles. The zero-order valence-corrected chi connectivity index (χ0v) is 11.6. The first-order valence-corrected chi connectivity index (χ1v) is 7.40. The van der Waals surface area contributed by atoms with E-state index < -0.39 is 11.9 Å². The molecule has 19 heavy (non-hydrogen) atoms. The van der Waals surface area contributed by atoms with Crippen molar-refractivity contribution in [3.8, 4) is 0 Å². The van der Waals surface area contributed by atoms with Crippen molar-refractivity contribution in [1.29, 1.82) is 0 Å². The van der Waals surface area contributed by atoms with Crippen LogP contribution in [0.4, 0.5) is 4.79 Å². The Hall–Kier alpha value is -1.26. The molecule has 0 aromatic rings. The molecule has 2 amide bonds. The molecule has 2 rings (SSSR count). The van der Waals surface area contributed by atoms with Crippen LogP contribution in [0.5, 0.6) is 0 Å². The van der Waals surface area contributed by atoms with Gasteiger partial charge in [-0.05, 0) is 38.5 Å². The number of carbonyl (C=O) groups excluding carboxylic acids is 1. The first kappa shape index (κ1) is 14.2. The van der Waals surface area contributed by atoms with Gasteiger partial charge >= 0.3 is 12.0 Å². The molecule has 2 aliphatic carbocycles. The molecule has 2 unspecified atom stereocenters. The molecule has 0 aromatic heterocycles. The summed E-state index contributed by atoms with van der Waals surface area (Å²) in [7, 11) is 0. The largest absolute Gasteiger partial charge is 0.481 e. The van der Waals surface area contributed by atoms with Gasteiger partial charge in [0.2, 0.25) is 0 Å². The number of amides is 2. The molecule has 5 heteroatoms. The molecule has 0 spiro atoms. The summed E-state index contributed by atoms with van der Waals surface area (Å²) in [6.45, 7) is 3.47. The molecular formula is C14H24N2O3. The van der Waals surface area contributed by atoms with E-state index in [0.717, 1.165) is 19.4 Å². The number of carboxylic acid groups (broad SMARTS) is 1. The van der Waals surface area contributed by atoms with Gasteiger partial charge in [0, 0.05) is 19.1 Å². The van der Waals surface area contributed by atoms with Crippen molar-refractivity contribution in [1.82, 2.24) is 10.2 Å². The highest BCUT2D eigenvalue weighted by molar-refractivity contribution is 5.77. The van der Waals surface area contributed by atoms with Gasteiger partial charge in [0.15, 0.2) is 0 Å². The topological polar surface area (TPSA) is 69.6 Å². The van der Waals surface area contributed by atoms with Crippen molar-refractivity contribution < 1.29 is 14.7 Å². The minimum absolute atomic E-state index is 0.0902. The van der Waals surface area contributed by atoms with E-state index in [0.29, 0.717) is 18.9 Å². The van der Waals surface area contributed by atoms with Gasteiger partial charge in [0.25, 0.3) is 0 Å². The molecule has 0 aliphatic heterocycles. The van der Waals surface area contributed by atoms with E-state index in [9.17, 15) is 9.59 Å². The van der Waals surface area contributed by atoms with Crippen LogP contribution < -0.4 is 5.32 Å². The average Bonchev–Trinajstić information content (AvgIpc) is 2.75. The molecule has 108 valence electrons. The second-order valence-electron chi connectivity index (χ2n) is 5.77. The molecule has 0 heterocycles. The molecular weight excluding hydrogens is 244 g/mol. The number of rotatable bonds is 5. The highest BCUT2D eigenvalue weighted by atomic mass is 16.4. The van der Waals surface area contributed by atoms with Crippen LogP contribution in [0.3, 0.4) is 0 Å². The smallest absolute Gasteiger partial charge is 0.317 e. The standard InChI is InChI=1S/C14H24N2O3/c1-2-16(9-10-5-3-6-10)14(19)15-12-8-4-7-11(12)13(17)18/h10-12H,2-9H2,1H3,(H,15,19)(H,17,18). The minimum atomic E-state index is -0.787.